The number of nitrogens with zero attached hydrogens (tertiary/aromatic N) is 3. The number of aromatic nitrogens is 3. The minimum Gasteiger partial charge on any atom is -0.495 e. The number of hydrogen-bond acceptors (Lipinski definition) is 6. The summed E-state index contributed by atoms with van der Waals surface area (Å²) in [7, 11) is 1.51. The van der Waals surface area contributed by atoms with Crippen LogP contribution in [0, 0.1) is 6.92 Å². The third kappa shape index (κ3) is 4.65. The molecule has 0 saturated heterocycles. The third-order valence-corrected chi connectivity index (χ3v) is 4.49. The van der Waals surface area contributed by atoms with Gasteiger partial charge in [-0.1, -0.05) is 30.6 Å². The summed E-state index contributed by atoms with van der Waals surface area (Å²) >= 11 is 6.07. The zero-order valence-electron chi connectivity index (χ0n) is 16.5. The predicted octanol–water partition coefficient (Wildman–Crippen LogP) is 3.63. The summed E-state index contributed by atoms with van der Waals surface area (Å²) < 4.78 is 11.5. The average molecular weight is 417 g/mol. The highest BCUT2D eigenvalue weighted by atomic mass is 35.5. The molecule has 0 unspecified atom stereocenters. The van der Waals surface area contributed by atoms with Crippen molar-refractivity contribution in [1.82, 2.24) is 14.9 Å². The van der Waals surface area contributed by atoms with E-state index in [-0.39, 0.29) is 12.5 Å². The van der Waals surface area contributed by atoms with Gasteiger partial charge in [0.2, 0.25) is 5.91 Å². The second-order valence-corrected chi connectivity index (χ2v) is 7.23. The summed E-state index contributed by atoms with van der Waals surface area (Å²) in [6.07, 6.45) is 0. The molecule has 0 atom stereocenters. The molecule has 1 N–H and O–H groups in total. The van der Waals surface area contributed by atoms with Crippen molar-refractivity contribution in [3.63, 3.8) is 0 Å². The number of hydrogen-bond donors (Lipinski definition) is 1. The van der Waals surface area contributed by atoms with Crippen LogP contribution >= 0.6 is 11.6 Å². The third-order valence-electron chi connectivity index (χ3n) is 4.20. The van der Waals surface area contributed by atoms with Crippen molar-refractivity contribution < 1.29 is 14.1 Å². The number of amides is 1. The fourth-order valence-electron chi connectivity index (χ4n) is 2.81. The van der Waals surface area contributed by atoms with E-state index in [1.54, 1.807) is 31.2 Å². The van der Waals surface area contributed by atoms with Crippen LogP contribution in [0.5, 0.6) is 5.75 Å². The van der Waals surface area contributed by atoms with E-state index in [0.29, 0.717) is 39.2 Å². The number of anilines is 1. The van der Waals surface area contributed by atoms with E-state index in [9.17, 15) is 9.59 Å². The minimum atomic E-state index is -0.415. The summed E-state index contributed by atoms with van der Waals surface area (Å²) in [6, 6.07) is 8.04. The first-order chi connectivity index (χ1) is 13.8. The average Bonchev–Trinajstić information content (AvgIpc) is 3.09. The molecule has 0 radical (unpaired) electrons. The van der Waals surface area contributed by atoms with Gasteiger partial charge in [-0.05, 0) is 31.0 Å². The Morgan fingerprint density at radius 1 is 1.31 bits per heavy atom. The quantitative estimate of drug-likeness (QED) is 0.658. The van der Waals surface area contributed by atoms with Crippen LogP contribution in [0.2, 0.25) is 5.02 Å². The number of halogens is 1. The van der Waals surface area contributed by atoms with E-state index in [4.69, 9.17) is 20.9 Å². The molecule has 0 aliphatic carbocycles. The fraction of sp³-hybridized carbons (Fsp3) is 0.300. The second kappa shape index (κ2) is 8.48. The van der Waals surface area contributed by atoms with Gasteiger partial charge in [-0.3, -0.25) is 9.59 Å². The van der Waals surface area contributed by atoms with Gasteiger partial charge < -0.3 is 14.6 Å². The van der Waals surface area contributed by atoms with Crippen molar-refractivity contribution in [2.75, 3.05) is 12.4 Å². The summed E-state index contributed by atoms with van der Waals surface area (Å²) in [6.45, 7) is 5.46. The van der Waals surface area contributed by atoms with Crippen LogP contribution in [0.3, 0.4) is 0 Å². The Morgan fingerprint density at radius 2 is 2.07 bits per heavy atom. The van der Waals surface area contributed by atoms with Gasteiger partial charge in [0.15, 0.2) is 5.76 Å². The van der Waals surface area contributed by atoms with Gasteiger partial charge in [-0.2, -0.15) is 5.10 Å². The Kier molecular flexibility index (Phi) is 6.03. The predicted molar refractivity (Wildman–Crippen MR) is 109 cm³/mol. The fourth-order valence-corrected chi connectivity index (χ4v) is 3.07. The monoisotopic (exact) mass is 416 g/mol. The van der Waals surface area contributed by atoms with E-state index in [2.05, 4.69) is 15.6 Å². The SMILES string of the molecule is COc1ccc(NC(=O)Cn2nc(C(C)C)c(-c3cc(C)no3)cc2=O)cc1Cl. The number of benzene rings is 1. The molecule has 29 heavy (non-hydrogen) atoms. The molecule has 8 nitrogen and oxygen atoms in total. The number of methoxy groups -OCH3 is 1. The molecule has 0 fully saturated rings. The van der Waals surface area contributed by atoms with Crippen LogP contribution in [0.15, 0.2) is 39.6 Å². The first kappa shape index (κ1) is 20.6. The molecule has 0 bridgehead atoms. The van der Waals surface area contributed by atoms with Crippen LogP contribution in [0.25, 0.3) is 11.3 Å². The maximum atomic E-state index is 12.5. The number of rotatable bonds is 6. The van der Waals surface area contributed by atoms with Crippen molar-refractivity contribution in [2.24, 2.45) is 0 Å². The van der Waals surface area contributed by atoms with E-state index in [1.165, 1.54) is 13.2 Å². The highest BCUT2D eigenvalue weighted by Crippen LogP contribution is 2.28. The lowest BCUT2D eigenvalue weighted by Gasteiger charge is -2.13. The standard InChI is InChI=1S/C20H21ClN4O4/c1-11(2)20-14(17-7-12(3)24-29-17)9-19(27)25(23-20)10-18(26)22-13-5-6-16(28-4)15(21)8-13/h5-9,11H,10H2,1-4H3,(H,22,26). The Bertz CT molecular complexity index is 1100. The van der Waals surface area contributed by atoms with E-state index < -0.39 is 11.5 Å². The van der Waals surface area contributed by atoms with Crippen molar-refractivity contribution in [3.05, 3.63) is 57.1 Å². The smallest absolute Gasteiger partial charge is 0.267 e. The lowest BCUT2D eigenvalue weighted by atomic mass is 10.0. The van der Waals surface area contributed by atoms with Crippen molar-refractivity contribution in [3.8, 4) is 17.1 Å². The Hall–Kier alpha value is -3.13. The van der Waals surface area contributed by atoms with Gasteiger partial charge in [0.25, 0.3) is 5.56 Å². The Balaban J connectivity index is 1.85. The molecule has 1 amide bonds. The topological polar surface area (TPSA) is 99.2 Å². The van der Waals surface area contributed by atoms with Crippen LogP contribution in [-0.2, 0) is 11.3 Å². The summed E-state index contributed by atoms with van der Waals surface area (Å²) in [5.41, 5.74) is 2.00. The Labute approximate surface area is 172 Å². The largest absolute Gasteiger partial charge is 0.495 e. The molecule has 152 valence electrons. The highest BCUT2D eigenvalue weighted by Gasteiger charge is 2.18. The first-order valence-corrected chi connectivity index (χ1v) is 9.35. The van der Waals surface area contributed by atoms with Crippen molar-refractivity contribution in [1.29, 1.82) is 0 Å². The molecule has 9 heteroatoms. The maximum absolute atomic E-state index is 12.5. The molecule has 0 aliphatic heterocycles. The molecule has 2 heterocycles. The van der Waals surface area contributed by atoms with Crippen LogP contribution < -0.4 is 15.6 Å². The van der Waals surface area contributed by atoms with Crippen LogP contribution in [-0.4, -0.2) is 28.0 Å². The van der Waals surface area contributed by atoms with Gasteiger partial charge in [0, 0.05) is 23.4 Å². The van der Waals surface area contributed by atoms with Crippen molar-refractivity contribution in [2.45, 2.75) is 33.2 Å². The summed E-state index contributed by atoms with van der Waals surface area (Å²) in [5.74, 6) is 0.576. The number of ether oxygens (including phenoxy) is 1. The van der Waals surface area contributed by atoms with Gasteiger partial charge in [0.1, 0.15) is 12.3 Å². The van der Waals surface area contributed by atoms with Crippen molar-refractivity contribution >= 4 is 23.2 Å². The highest BCUT2D eigenvalue weighted by molar-refractivity contribution is 6.32. The molecule has 3 rings (SSSR count). The maximum Gasteiger partial charge on any atom is 0.267 e. The summed E-state index contributed by atoms with van der Waals surface area (Å²) in [4.78, 5) is 25.0. The first-order valence-electron chi connectivity index (χ1n) is 8.97. The zero-order chi connectivity index (χ0) is 21.1. The zero-order valence-corrected chi connectivity index (χ0v) is 17.3. The number of nitrogens with one attached hydrogen (secondary N) is 1. The lowest BCUT2D eigenvalue weighted by Crippen LogP contribution is -2.30. The molecule has 3 aromatic rings. The Morgan fingerprint density at radius 3 is 2.66 bits per heavy atom. The molecule has 0 saturated carbocycles. The number of carbonyl (C=O) groups excluding carboxylic acids is 1. The van der Waals surface area contributed by atoms with Gasteiger partial charge in [-0.25, -0.2) is 4.68 Å². The van der Waals surface area contributed by atoms with Crippen LogP contribution in [0.1, 0.15) is 31.2 Å². The molecule has 0 spiro atoms. The molecule has 0 aliphatic rings. The lowest BCUT2D eigenvalue weighted by molar-refractivity contribution is -0.117. The normalized spacial score (nSPS) is 11.0. The molecular formula is C20H21ClN4O4. The minimum absolute atomic E-state index is 0.00529. The van der Waals surface area contributed by atoms with Crippen LogP contribution in [0.4, 0.5) is 5.69 Å². The molecule has 1 aromatic carbocycles. The van der Waals surface area contributed by atoms with Gasteiger partial charge in [-0.15, -0.1) is 0 Å². The van der Waals surface area contributed by atoms with E-state index in [0.717, 1.165) is 4.68 Å². The number of aryl methyl sites for hydroxylation is 1. The van der Waals surface area contributed by atoms with E-state index >= 15 is 0 Å². The van der Waals surface area contributed by atoms with Gasteiger partial charge >= 0.3 is 0 Å². The van der Waals surface area contributed by atoms with Gasteiger partial charge in [0.05, 0.1) is 23.5 Å². The number of carbonyl (C=O) groups is 1. The summed E-state index contributed by atoms with van der Waals surface area (Å²) in [5, 5.41) is 11.3. The molecular weight excluding hydrogens is 396 g/mol. The van der Waals surface area contributed by atoms with E-state index in [1.807, 2.05) is 13.8 Å². The molecule has 2 aromatic heterocycles. The second-order valence-electron chi connectivity index (χ2n) is 6.82.